The summed E-state index contributed by atoms with van der Waals surface area (Å²) in [5, 5.41) is 19.7. The van der Waals surface area contributed by atoms with E-state index in [-0.39, 0.29) is 11.1 Å². The van der Waals surface area contributed by atoms with E-state index in [4.69, 9.17) is 5.11 Å². The molecule has 1 N–H and O–H groups in total. The Balaban J connectivity index is 2.59. The molecule has 0 fully saturated rings. The predicted octanol–water partition coefficient (Wildman–Crippen LogP) is 0.664. The maximum atomic E-state index is 12.0. The van der Waals surface area contributed by atoms with Gasteiger partial charge in [0.1, 0.15) is 11.6 Å². The number of amides is 2. The van der Waals surface area contributed by atoms with Crippen LogP contribution in [-0.2, 0) is 4.79 Å². The van der Waals surface area contributed by atoms with Gasteiger partial charge in [-0.1, -0.05) is 6.07 Å². The van der Waals surface area contributed by atoms with Crippen molar-refractivity contribution in [1.82, 2.24) is 4.90 Å². The quantitative estimate of drug-likeness (QED) is 0.486. The molecule has 0 saturated heterocycles. The molecule has 0 aromatic heterocycles. The number of rotatable bonds is 3. The fourth-order valence-electron chi connectivity index (χ4n) is 1.90. The molecule has 0 bridgehead atoms. The summed E-state index contributed by atoms with van der Waals surface area (Å²) in [5.74, 6) is -3.15. The van der Waals surface area contributed by atoms with Crippen molar-refractivity contribution < 1.29 is 24.4 Å². The molecule has 2 rings (SSSR count). The molecule has 1 aliphatic rings. The normalized spacial score (nSPS) is 15.3. The zero-order valence-electron chi connectivity index (χ0n) is 9.69. The van der Waals surface area contributed by atoms with Crippen molar-refractivity contribution in [1.29, 1.82) is 0 Å². The van der Waals surface area contributed by atoms with Crippen LogP contribution in [0.25, 0.3) is 0 Å². The highest BCUT2D eigenvalue weighted by Crippen LogP contribution is 2.31. The molecule has 8 nitrogen and oxygen atoms in total. The molecule has 0 radical (unpaired) electrons. The van der Waals surface area contributed by atoms with Crippen molar-refractivity contribution in [3.05, 3.63) is 39.4 Å². The summed E-state index contributed by atoms with van der Waals surface area (Å²) in [6.07, 6.45) is 0. The number of carbonyl (C=O) groups excluding carboxylic acids is 2. The Labute approximate surface area is 106 Å². The lowest BCUT2D eigenvalue weighted by Crippen LogP contribution is -2.42. The van der Waals surface area contributed by atoms with Gasteiger partial charge in [0.05, 0.1) is 10.5 Å². The van der Waals surface area contributed by atoms with E-state index >= 15 is 0 Å². The van der Waals surface area contributed by atoms with E-state index in [9.17, 15) is 24.5 Å². The van der Waals surface area contributed by atoms with E-state index in [2.05, 4.69) is 0 Å². The average Bonchev–Trinajstić information content (AvgIpc) is 2.61. The lowest BCUT2D eigenvalue weighted by molar-refractivity contribution is -0.385. The lowest BCUT2D eigenvalue weighted by atomic mass is 10.1. The second kappa shape index (κ2) is 4.16. The number of nitrogens with zero attached hydrogens (tertiary/aromatic N) is 2. The second-order valence-corrected chi connectivity index (χ2v) is 3.95. The Hall–Kier alpha value is -2.77. The Morgan fingerprint density at radius 2 is 2.00 bits per heavy atom. The largest absolute Gasteiger partial charge is 0.480 e. The van der Waals surface area contributed by atoms with Crippen LogP contribution >= 0.6 is 0 Å². The van der Waals surface area contributed by atoms with E-state index in [1.807, 2.05) is 0 Å². The topological polar surface area (TPSA) is 118 Å². The third-order valence-corrected chi connectivity index (χ3v) is 2.87. The van der Waals surface area contributed by atoms with Gasteiger partial charge in [0, 0.05) is 6.07 Å². The highest BCUT2D eigenvalue weighted by molar-refractivity contribution is 6.24. The molecule has 0 unspecified atom stereocenters. The Kier molecular flexibility index (Phi) is 2.78. The molecule has 1 aromatic rings. The molecule has 0 spiro atoms. The summed E-state index contributed by atoms with van der Waals surface area (Å²) in [6, 6.07) is 2.25. The molecule has 1 aromatic carbocycles. The third kappa shape index (κ3) is 1.73. The van der Waals surface area contributed by atoms with Crippen LogP contribution in [0.4, 0.5) is 5.69 Å². The van der Waals surface area contributed by atoms with Crippen molar-refractivity contribution in [3.63, 3.8) is 0 Å². The fraction of sp³-hybridized carbons (Fsp3) is 0.182. The molecule has 1 aliphatic heterocycles. The van der Waals surface area contributed by atoms with Crippen molar-refractivity contribution in [2.75, 3.05) is 0 Å². The van der Waals surface area contributed by atoms with Crippen molar-refractivity contribution in [2.24, 2.45) is 0 Å². The highest BCUT2D eigenvalue weighted by atomic mass is 16.6. The number of carboxylic acids is 1. The predicted molar refractivity (Wildman–Crippen MR) is 60.7 cm³/mol. The minimum absolute atomic E-state index is 0.146. The van der Waals surface area contributed by atoms with Gasteiger partial charge < -0.3 is 5.11 Å². The van der Waals surface area contributed by atoms with Gasteiger partial charge in [0.25, 0.3) is 17.5 Å². The number of nitro groups is 1. The average molecular weight is 264 g/mol. The monoisotopic (exact) mass is 264 g/mol. The number of carbonyl (C=O) groups is 3. The first kappa shape index (κ1) is 12.7. The van der Waals surface area contributed by atoms with Gasteiger partial charge >= 0.3 is 5.97 Å². The Bertz CT molecular complexity index is 624. The van der Waals surface area contributed by atoms with E-state index in [1.165, 1.54) is 12.1 Å². The van der Waals surface area contributed by atoms with Crippen LogP contribution in [0, 0.1) is 10.1 Å². The smallest absolute Gasteiger partial charge is 0.326 e. The first-order valence-electron chi connectivity index (χ1n) is 5.24. The summed E-state index contributed by atoms with van der Waals surface area (Å²) in [5.41, 5.74) is -1.01. The summed E-state index contributed by atoms with van der Waals surface area (Å²) in [6.45, 7) is 1.16. The van der Waals surface area contributed by atoms with Crippen molar-refractivity contribution >= 4 is 23.5 Å². The van der Waals surface area contributed by atoms with E-state index < -0.39 is 34.4 Å². The number of carboxylic acid groups (broad SMARTS) is 1. The molecular weight excluding hydrogens is 256 g/mol. The maximum absolute atomic E-state index is 12.0. The molecule has 1 atom stereocenters. The molecule has 0 aliphatic carbocycles. The highest BCUT2D eigenvalue weighted by Gasteiger charge is 2.44. The van der Waals surface area contributed by atoms with Crippen LogP contribution in [0.2, 0.25) is 0 Å². The number of benzene rings is 1. The number of imide groups is 1. The molecule has 0 saturated carbocycles. The van der Waals surface area contributed by atoms with Crippen LogP contribution in [0.5, 0.6) is 0 Å². The SMILES string of the molecule is C[C@H](C(=O)O)N1C(=O)c2cccc([N+](=O)[O-])c2C1=O. The lowest BCUT2D eigenvalue weighted by Gasteiger charge is -2.17. The molecule has 2 amide bonds. The number of aliphatic carboxylic acids is 1. The van der Waals surface area contributed by atoms with Gasteiger partial charge in [0.2, 0.25) is 0 Å². The summed E-state index contributed by atoms with van der Waals surface area (Å²) in [4.78, 5) is 45.4. The van der Waals surface area contributed by atoms with Crippen molar-refractivity contribution in [2.45, 2.75) is 13.0 Å². The van der Waals surface area contributed by atoms with Gasteiger partial charge in [-0.2, -0.15) is 0 Å². The minimum atomic E-state index is -1.38. The molecular formula is C11H8N2O6. The van der Waals surface area contributed by atoms with Crippen LogP contribution in [0.1, 0.15) is 27.6 Å². The van der Waals surface area contributed by atoms with E-state index in [0.717, 1.165) is 13.0 Å². The molecule has 19 heavy (non-hydrogen) atoms. The summed E-state index contributed by atoms with van der Waals surface area (Å²) in [7, 11) is 0. The Morgan fingerprint density at radius 3 is 2.53 bits per heavy atom. The number of nitro benzene ring substituents is 1. The summed E-state index contributed by atoms with van der Waals surface area (Å²) >= 11 is 0. The summed E-state index contributed by atoms with van der Waals surface area (Å²) < 4.78 is 0. The number of fused-ring (bicyclic) bond motifs is 1. The van der Waals surface area contributed by atoms with Crippen LogP contribution in [-0.4, -0.2) is 38.8 Å². The van der Waals surface area contributed by atoms with Crippen LogP contribution in [0.15, 0.2) is 18.2 Å². The number of hydrogen-bond acceptors (Lipinski definition) is 5. The molecule has 1 heterocycles. The first-order chi connectivity index (χ1) is 8.86. The van der Waals surface area contributed by atoms with E-state index in [1.54, 1.807) is 0 Å². The van der Waals surface area contributed by atoms with Gasteiger partial charge in [-0.15, -0.1) is 0 Å². The minimum Gasteiger partial charge on any atom is -0.480 e. The molecule has 8 heteroatoms. The first-order valence-corrected chi connectivity index (χ1v) is 5.24. The number of hydrogen-bond donors (Lipinski definition) is 1. The molecule has 98 valence electrons. The zero-order chi connectivity index (χ0) is 14.3. The van der Waals surface area contributed by atoms with E-state index in [0.29, 0.717) is 4.90 Å². The van der Waals surface area contributed by atoms with Crippen molar-refractivity contribution in [3.8, 4) is 0 Å². The zero-order valence-corrected chi connectivity index (χ0v) is 9.69. The van der Waals surface area contributed by atoms with Gasteiger partial charge in [-0.25, -0.2) is 4.79 Å². The van der Waals surface area contributed by atoms with Gasteiger partial charge in [-0.05, 0) is 13.0 Å². The third-order valence-electron chi connectivity index (χ3n) is 2.87. The standard InChI is InChI=1S/C11H8N2O6/c1-5(11(16)17)12-9(14)6-3-2-4-7(13(18)19)8(6)10(12)15/h2-5H,1H3,(H,16,17)/t5-/m1/s1. The maximum Gasteiger partial charge on any atom is 0.326 e. The fourth-order valence-corrected chi connectivity index (χ4v) is 1.90. The van der Waals surface area contributed by atoms with Crippen LogP contribution in [0.3, 0.4) is 0 Å². The van der Waals surface area contributed by atoms with Gasteiger partial charge in [0.15, 0.2) is 0 Å². The van der Waals surface area contributed by atoms with Crippen LogP contribution < -0.4 is 0 Å². The second-order valence-electron chi connectivity index (χ2n) is 3.95. The Morgan fingerprint density at radius 1 is 1.37 bits per heavy atom. The van der Waals surface area contributed by atoms with Gasteiger partial charge in [-0.3, -0.25) is 24.6 Å².